The summed E-state index contributed by atoms with van der Waals surface area (Å²) in [6.45, 7) is 0. The van der Waals surface area contributed by atoms with Crippen LogP contribution in [0, 0.1) is 0 Å². The van der Waals surface area contributed by atoms with E-state index in [0.29, 0.717) is 17.3 Å². The van der Waals surface area contributed by atoms with Gasteiger partial charge in [-0.15, -0.1) is 5.10 Å². The maximum absolute atomic E-state index is 5.77. The summed E-state index contributed by atoms with van der Waals surface area (Å²) in [5.74, 6) is 1.19. The Morgan fingerprint density at radius 1 is 1.27 bits per heavy atom. The van der Waals surface area contributed by atoms with Gasteiger partial charge in [0, 0.05) is 11.8 Å². The SMILES string of the molecule is COc1ccc(-c2nccnn2)cc1N. The van der Waals surface area contributed by atoms with Gasteiger partial charge in [0.2, 0.25) is 0 Å². The van der Waals surface area contributed by atoms with E-state index in [0.717, 1.165) is 5.56 Å². The van der Waals surface area contributed by atoms with Crippen molar-refractivity contribution in [2.24, 2.45) is 0 Å². The summed E-state index contributed by atoms with van der Waals surface area (Å²) in [6.07, 6.45) is 3.11. The smallest absolute Gasteiger partial charge is 0.181 e. The van der Waals surface area contributed by atoms with E-state index in [1.165, 1.54) is 6.20 Å². The molecule has 0 aliphatic carbocycles. The summed E-state index contributed by atoms with van der Waals surface area (Å²) in [5, 5.41) is 7.64. The predicted molar refractivity (Wildman–Crippen MR) is 56.2 cm³/mol. The Bertz CT molecular complexity index is 458. The molecule has 15 heavy (non-hydrogen) atoms. The Kier molecular flexibility index (Phi) is 2.45. The van der Waals surface area contributed by atoms with Crippen LogP contribution in [0.15, 0.2) is 30.6 Å². The summed E-state index contributed by atoms with van der Waals surface area (Å²) in [4.78, 5) is 4.08. The number of aromatic nitrogens is 3. The number of hydrogen-bond acceptors (Lipinski definition) is 5. The highest BCUT2D eigenvalue weighted by Gasteiger charge is 2.04. The number of methoxy groups -OCH3 is 1. The lowest BCUT2D eigenvalue weighted by molar-refractivity contribution is 0.417. The van der Waals surface area contributed by atoms with E-state index in [1.807, 2.05) is 6.07 Å². The molecule has 0 aliphatic heterocycles. The Labute approximate surface area is 86.9 Å². The van der Waals surface area contributed by atoms with Gasteiger partial charge in [-0.05, 0) is 18.2 Å². The van der Waals surface area contributed by atoms with E-state index < -0.39 is 0 Å². The molecule has 2 rings (SSSR count). The van der Waals surface area contributed by atoms with Crippen molar-refractivity contribution in [3.8, 4) is 17.1 Å². The third kappa shape index (κ3) is 1.85. The van der Waals surface area contributed by atoms with Gasteiger partial charge < -0.3 is 10.5 Å². The van der Waals surface area contributed by atoms with Gasteiger partial charge in [0.15, 0.2) is 5.82 Å². The first-order valence-corrected chi connectivity index (χ1v) is 4.39. The van der Waals surface area contributed by atoms with Crippen molar-refractivity contribution in [1.29, 1.82) is 0 Å². The molecule has 76 valence electrons. The molecule has 1 heterocycles. The van der Waals surface area contributed by atoms with E-state index in [-0.39, 0.29) is 0 Å². The lowest BCUT2D eigenvalue weighted by Gasteiger charge is -2.05. The van der Waals surface area contributed by atoms with Crippen LogP contribution in [0.5, 0.6) is 5.75 Å². The molecular weight excluding hydrogens is 192 g/mol. The number of nitrogen functional groups attached to an aromatic ring is 1. The topological polar surface area (TPSA) is 73.9 Å². The summed E-state index contributed by atoms with van der Waals surface area (Å²) >= 11 is 0. The number of hydrogen-bond donors (Lipinski definition) is 1. The predicted octanol–water partition coefficient (Wildman–Crippen LogP) is 1.13. The highest BCUT2D eigenvalue weighted by Crippen LogP contribution is 2.25. The van der Waals surface area contributed by atoms with E-state index >= 15 is 0 Å². The van der Waals surface area contributed by atoms with Crippen molar-refractivity contribution in [2.75, 3.05) is 12.8 Å². The molecule has 0 atom stereocenters. The van der Waals surface area contributed by atoms with Crippen molar-refractivity contribution < 1.29 is 4.74 Å². The fourth-order valence-corrected chi connectivity index (χ4v) is 1.25. The third-order valence-corrected chi connectivity index (χ3v) is 1.97. The summed E-state index contributed by atoms with van der Waals surface area (Å²) in [6, 6.07) is 5.38. The molecule has 5 heteroatoms. The van der Waals surface area contributed by atoms with Gasteiger partial charge in [-0.3, -0.25) is 0 Å². The maximum Gasteiger partial charge on any atom is 0.181 e. The quantitative estimate of drug-likeness (QED) is 0.739. The van der Waals surface area contributed by atoms with Crippen LogP contribution in [0.4, 0.5) is 5.69 Å². The molecule has 0 fully saturated rings. The first-order valence-electron chi connectivity index (χ1n) is 4.39. The molecule has 2 aromatic rings. The zero-order valence-electron chi connectivity index (χ0n) is 8.21. The minimum absolute atomic E-state index is 0.548. The van der Waals surface area contributed by atoms with Crippen LogP contribution in [-0.2, 0) is 0 Å². The molecule has 2 N–H and O–H groups in total. The van der Waals surface area contributed by atoms with Crippen molar-refractivity contribution >= 4 is 5.69 Å². The van der Waals surface area contributed by atoms with Crippen LogP contribution in [0.1, 0.15) is 0 Å². The third-order valence-electron chi connectivity index (χ3n) is 1.97. The van der Waals surface area contributed by atoms with Crippen LogP contribution in [0.3, 0.4) is 0 Å². The average molecular weight is 202 g/mol. The number of ether oxygens (including phenoxy) is 1. The van der Waals surface area contributed by atoms with Gasteiger partial charge >= 0.3 is 0 Å². The van der Waals surface area contributed by atoms with Crippen molar-refractivity contribution in [2.45, 2.75) is 0 Å². The second-order valence-corrected chi connectivity index (χ2v) is 2.92. The van der Waals surface area contributed by atoms with Crippen LogP contribution < -0.4 is 10.5 Å². The normalized spacial score (nSPS) is 9.93. The number of nitrogens with zero attached hydrogens (tertiary/aromatic N) is 3. The van der Waals surface area contributed by atoms with E-state index in [9.17, 15) is 0 Å². The minimum Gasteiger partial charge on any atom is -0.495 e. The minimum atomic E-state index is 0.548. The molecule has 1 aromatic carbocycles. The summed E-state index contributed by atoms with van der Waals surface area (Å²) in [5.41, 5.74) is 7.15. The molecule has 0 saturated carbocycles. The van der Waals surface area contributed by atoms with Gasteiger partial charge in [-0.1, -0.05) is 0 Å². The molecule has 0 bridgehead atoms. The number of anilines is 1. The Morgan fingerprint density at radius 3 is 2.73 bits per heavy atom. The Hall–Kier alpha value is -2.17. The lowest BCUT2D eigenvalue weighted by Crippen LogP contribution is -1.95. The van der Waals surface area contributed by atoms with Crippen molar-refractivity contribution in [1.82, 2.24) is 15.2 Å². The standard InChI is InChI=1S/C10H10N4O/c1-15-9-3-2-7(6-8(9)11)10-12-4-5-13-14-10/h2-6H,11H2,1H3. The largest absolute Gasteiger partial charge is 0.495 e. The van der Waals surface area contributed by atoms with Crippen LogP contribution in [0.25, 0.3) is 11.4 Å². The number of benzene rings is 1. The monoisotopic (exact) mass is 202 g/mol. The summed E-state index contributed by atoms with van der Waals surface area (Å²) in [7, 11) is 1.58. The average Bonchev–Trinajstić information content (AvgIpc) is 2.30. The molecule has 0 aliphatic rings. The molecule has 5 nitrogen and oxygen atoms in total. The molecular formula is C10H10N4O. The zero-order valence-corrected chi connectivity index (χ0v) is 8.21. The van der Waals surface area contributed by atoms with Crippen molar-refractivity contribution in [3.05, 3.63) is 30.6 Å². The van der Waals surface area contributed by atoms with Gasteiger partial charge in [0.1, 0.15) is 5.75 Å². The zero-order chi connectivity index (χ0) is 10.7. The van der Waals surface area contributed by atoms with E-state index in [4.69, 9.17) is 10.5 Å². The molecule has 0 spiro atoms. The lowest BCUT2D eigenvalue weighted by atomic mass is 10.2. The first kappa shape index (κ1) is 9.39. The summed E-state index contributed by atoms with van der Waals surface area (Å²) < 4.78 is 5.05. The van der Waals surface area contributed by atoms with Crippen LogP contribution in [-0.4, -0.2) is 22.3 Å². The van der Waals surface area contributed by atoms with Gasteiger partial charge in [-0.2, -0.15) is 5.10 Å². The molecule has 0 amide bonds. The Morgan fingerprint density at radius 2 is 2.13 bits per heavy atom. The van der Waals surface area contributed by atoms with E-state index in [1.54, 1.807) is 25.4 Å². The molecule has 0 saturated heterocycles. The second-order valence-electron chi connectivity index (χ2n) is 2.92. The van der Waals surface area contributed by atoms with Gasteiger partial charge in [-0.25, -0.2) is 4.98 Å². The Balaban J connectivity index is 2.43. The molecule has 0 unspecified atom stereocenters. The fraction of sp³-hybridized carbons (Fsp3) is 0.100. The second kappa shape index (κ2) is 3.91. The number of rotatable bonds is 2. The van der Waals surface area contributed by atoms with E-state index in [2.05, 4.69) is 15.2 Å². The highest BCUT2D eigenvalue weighted by atomic mass is 16.5. The van der Waals surface area contributed by atoms with Gasteiger partial charge in [0.25, 0.3) is 0 Å². The maximum atomic E-state index is 5.77. The highest BCUT2D eigenvalue weighted by molar-refractivity contribution is 5.65. The first-order chi connectivity index (χ1) is 7.31. The number of nitrogens with two attached hydrogens (primary N) is 1. The van der Waals surface area contributed by atoms with Crippen molar-refractivity contribution in [3.63, 3.8) is 0 Å². The van der Waals surface area contributed by atoms with Gasteiger partial charge in [0.05, 0.1) is 19.0 Å². The van der Waals surface area contributed by atoms with Crippen LogP contribution in [0.2, 0.25) is 0 Å². The van der Waals surface area contributed by atoms with Crippen LogP contribution >= 0.6 is 0 Å². The fourth-order valence-electron chi connectivity index (χ4n) is 1.25. The molecule has 0 radical (unpaired) electrons. The molecule has 1 aromatic heterocycles.